The first-order chi connectivity index (χ1) is 8.81. The number of benzene rings is 1. The molecule has 0 heterocycles. The number of nitrogens with one attached hydrogen (secondary N) is 1. The van der Waals surface area contributed by atoms with Crippen molar-refractivity contribution in [1.29, 1.82) is 0 Å². The van der Waals surface area contributed by atoms with Gasteiger partial charge in [0, 0.05) is 5.56 Å². The smallest absolute Gasteiger partial charge is 0.126 e. The van der Waals surface area contributed by atoms with Gasteiger partial charge in [0.15, 0.2) is 0 Å². The maximum atomic E-state index is 9.00. The molecule has 0 saturated carbocycles. The molecule has 0 spiro atoms. The number of aliphatic hydroxyl groups is 1. The average Bonchev–Trinajstić information content (AvgIpc) is 2.40. The zero-order valence-corrected chi connectivity index (χ0v) is 11.4. The van der Waals surface area contributed by atoms with Gasteiger partial charge in [-0.1, -0.05) is 25.1 Å². The van der Waals surface area contributed by atoms with Crippen molar-refractivity contribution < 1.29 is 14.7 Å². The number of ether oxygens (including phenoxy) is 1. The topological polar surface area (TPSA) is 33.9 Å². The summed E-state index contributed by atoms with van der Waals surface area (Å²) >= 11 is 0. The number of aliphatic hydroxyl groups excluding tert-OH is 1. The maximum Gasteiger partial charge on any atom is 0.126 e. The molecule has 1 atom stereocenters. The standard InChI is InChI=1S/C15H23NO2/c1-3-10-16(12-13-17)11-6-8-14-7-4-5-9-15(14)18-2/h4-9,17H,3,10-13H2,1-2H3/p+1/b8-6+. The Morgan fingerprint density at radius 3 is 2.72 bits per heavy atom. The van der Waals surface area contributed by atoms with Crippen LogP contribution in [0.4, 0.5) is 0 Å². The minimum atomic E-state index is 0.248. The van der Waals surface area contributed by atoms with Crippen molar-refractivity contribution in [1.82, 2.24) is 0 Å². The van der Waals surface area contributed by atoms with Crippen LogP contribution in [0.2, 0.25) is 0 Å². The van der Waals surface area contributed by atoms with E-state index >= 15 is 0 Å². The molecular formula is C15H24NO2+. The molecule has 3 nitrogen and oxygen atoms in total. The molecule has 0 aliphatic heterocycles. The summed E-state index contributed by atoms with van der Waals surface area (Å²) in [4.78, 5) is 1.41. The van der Waals surface area contributed by atoms with Gasteiger partial charge in [0.1, 0.15) is 12.3 Å². The summed E-state index contributed by atoms with van der Waals surface area (Å²) in [6.07, 6.45) is 5.38. The second-order valence-corrected chi connectivity index (χ2v) is 4.32. The van der Waals surface area contributed by atoms with Crippen molar-refractivity contribution >= 4 is 6.08 Å². The van der Waals surface area contributed by atoms with E-state index in [1.807, 2.05) is 24.3 Å². The van der Waals surface area contributed by atoms with Gasteiger partial charge in [0.05, 0.1) is 26.8 Å². The minimum Gasteiger partial charge on any atom is -0.496 e. The third-order valence-corrected chi connectivity index (χ3v) is 2.91. The largest absolute Gasteiger partial charge is 0.496 e. The fraction of sp³-hybridized carbons (Fsp3) is 0.467. The molecule has 2 N–H and O–H groups in total. The van der Waals surface area contributed by atoms with Crippen LogP contribution in [0.15, 0.2) is 30.3 Å². The molecule has 0 fully saturated rings. The van der Waals surface area contributed by atoms with Crippen LogP contribution in [0.5, 0.6) is 5.75 Å². The molecule has 0 aromatic heterocycles. The maximum absolute atomic E-state index is 9.00. The summed E-state index contributed by atoms with van der Waals surface area (Å²) < 4.78 is 5.30. The molecule has 0 radical (unpaired) electrons. The normalized spacial score (nSPS) is 12.8. The lowest BCUT2D eigenvalue weighted by Crippen LogP contribution is -3.12. The summed E-state index contributed by atoms with van der Waals surface area (Å²) in [5.74, 6) is 0.896. The van der Waals surface area contributed by atoms with Crippen LogP contribution in [0.25, 0.3) is 6.08 Å². The van der Waals surface area contributed by atoms with Gasteiger partial charge in [0.2, 0.25) is 0 Å². The molecule has 0 bridgehead atoms. The number of hydrogen-bond acceptors (Lipinski definition) is 2. The molecule has 1 rings (SSSR count). The number of para-hydroxylation sites is 1. The molecule has 0 aliphatic rings. The van der Waals surface area contributed by atoms with Crippen molar-refractivity contribution in [2.45, 2.75) is 13.3 Å². The summed E-state index contributed by atoms with van der Waals surface area (Å²) in [7, 11) is 1.69. The van der Waals surface area contributed by atoms with Gasteiger partial charge >= 0.3 is 0 Å². The lowest BCUT2D eigenvalue weighted by molar-refractivity contribution is -0.894. The average molecular weight is 250 g/mol. The molecule has 18 heavy (non-hydrogen) atoms. The SMILES string of the molecule is CCC[NH+](C/C=C/c1ccccc1OC)CCO. The zero-order valence-electron chi connectivity index (χ0n) is 11.4. The molecule has 0 saturated heterocycles. The van der Waals surface area contributed by atoms with Crippen molar-refractivity contribution in [3.63, 3.8) is 0 Å². The quantitative estimate of drug-likeness (QED) is 0.721. The summed E-state index contributed by atoms with van der Waals surface area (Å²) in [5, 5.41) is 9.00. The number of quaternary nitrogens is 1. The van der Waals surface area contributed by atoms with Gasteiger partial charge < -0.3 is 14.7 Å². The second-order valence-electron chi connectivity index (χ2n) is 4.32. The first-order valence-corrected chi connectivity index (χ1v) is 6.55. The van der Waals surface area contributed by atoms with E-state index in [2.05, 4.69) is 19.1 Å². The lowest BCUT2D eigenvalue weighted by Gasteiger charge is -2.15. The molecular weight excluding hydrogens is 226 g/mol. The van der Waals surface area contributed by atoms with Crippen LogP contribution in [-0.4, -0.2) is 38.5 Å². The highest BCUT2D eigenvalue weighted by atomic mass is 16.5. The summed E-state index contributed by atoms with van der Waals surface area (Å²) in [5.41, 5.74) is 1.10. The Hall–Kier alpha value is -1.32. The van der Waals surface area contributed by atoms with Crippen LogP contribution < -0.4 is 9.64 Å². The molecule has 100 valence electrons. The highest BCUT2D eigenvalue weighted by Gasteiger charge is 2.03. The van der Waals surface area contributed by atoms with E-state index in [0.717, 1.165) is 37.4 Å². The zero-order chi connectivity index (χ0) is 13.2. The van der Waals surface area contributed by atoms with Gasteiger partial charge in [-0.15, -0.1) is 0 Å². The number of rotatable bonds is 8. The summed E-state index contributed by atoms with van der Waals surface area (Å²) in [6.45, 7) is 5.26. The Labute approximate surface area is 110 Å². The number of hydrogen-bond donors (Lipinski definition) is 2. The van der Waals surface area contributed by atoms with E-state index < -0.39 is 0 Å². The molecule has 1 unspecified atom stereocenters. The van der Waals surface area contributed by atoms with Crippen molar-refractivity contribution in [2.75, 3.05) is 33.4 Å². The van der Waals surface area contributed by atoms with Crippen LogP contribution in [0.3, 0.4) is 0 Å². The highest BCUT2D eigenvalue weighted by molar-refractivity contribution is 5.57. The lowest BCUT2D eigenvalue weighted by atomic mass is 10.2. The predicted octanol–water partition coefficient (Wildman–Crippen LogP) is 0.996. The molecule has 0 amide bonds. The van der Waals surface area contributed by atoms with E-state index in [9.17, 15) is 0 Å². The van der Waals surface area contributed by atoms with Gasteiger partial charge in [0.25, 0.3) is 0 Å². The van der Waals surface area contributed by atoms with E-state index in [1.54, 1.807) is 7.11 Å². The first-order valence-electron chi connectivity index (χ1n) is 6.55. The highest BCUT2D eigenvalue weighted by Crippen LogP contribution is 2.18. The monoisotopic (exact) mass is 250 g/mol. The molecule has 0 aliphatic carbocycles. The van der Waals surface area contributed by atoms with E-state index in [4.69, 9.17) is 9.84 Å². The Morgan fingerprint density at radius 2 is 2.06 bits per heavy atom. The minimum absolute atomic E-state index is 0.248. The van der Waals surface area contributed by atoms with Crippen molar-refractivity contribution in [2.24, 2.45) is 0 Å². The Bertz CT molecular complexity index is 357. The fourth-order valence-corrected chi connectivity index (χ4v) is 2.00. The van der Waals surface area contributed by atoms with Crippen LogP contribution in [-0.2, 0) is 0 Å². The third kappa shape index (κ3) is 4.90. The van der Waals surface area contributed by atoms with Crippen LogP contribution in [0.1, 0.15) is 18.9 Å². The fourth-order valence-electron chi connectivity index (χ4n) is 2.00. The van der Waals surface area contributed by atoms with Crippen molar-refractivity contribution in [3.05, 3.63) is 35.9 Å². The van der Waals surface area contributed by atoms with E-state index in [-0.39, 0.29) is 6.61 Å². The van der Waals surface area contributed by atoms with Gasteiger partial charge in [-0.3, -0.25) is 0 Å². The first kappa shape index (κ1) is 14.7. The number of methoxy groups -OCH3 is 1. The molecule has 1 aromatic rings. The summed E-state index contributed by atoms with van der Waals surface area (Å²) in [6, 6.07) is 7.98. The van der Waals surface area contributed by atoms with E-state index in [0.29, 0.717) is 0 Å². The Balaban J connectivity index is 2.57. The molecule has 3 heteroatoms. The second kappa shape index (κ2) is 8.72. The van der Waals surface area contributed by atoms with E-state index in [1.165, 1.54) is 4.90 Å². The van der Waals surface area contributed by atoms with Crippen LogP contribution >= 0.6 is 0 Å². The predicted molar refractivity (Wildman–Crippen MR) is 75.0 cm³/mol. The van der Waals surface area contributed by atoms with Crippen molar-refractivity contribution in [3.8, 4) is 5.75 Å². The Kier molecular flexibility index (Phi) is 7.14. The molecule has 1 aromatic carbocycles. The Morgan fingerprint density at radius 1 is 1.28 bits per heavy atom. The van der Waals surface area contributed by atoms with Gasteiger partial charge in [-0.25, -0.2) is 0 Å². The van der Waals surface area contributed by atoms with Crippen LogP contribution in [0, 0.1) is 0 Å². The van der Waals surface area contributed by atoms with Gasteiger partial charge in [-0.05, 0) is 24.6 Å². The third-order valence-electron chi connectivity index (χ3n) is 2.91. The van der Waals surface area contributed by atoms with Gasteiger partial charge in [-0.2, -0.15) is 0 Å².